The molecule has 0 heterocycles. The van der Waals surface area contributed by atoms with E-state index in [-0.39, 0.29) is 16.8 Å². The Morgan fingerprint density at radius 3 is 2.07 bits per heavy atom. The van der Waals surface area contributed by atoms with Crippen LogP contribution in [-0.4, -0.2) is 21.4 Å². The first kappa shape index (κ1) is 20.6. The van der Waals surface area contributed by atoms with Crippen LogP contribution in [0.25, 0.3) is 0 Å². The predicted molar refractivity (Wildman–Crippen MR) is 115 cm³/mol. The highest BCUT2D eigenvalue weighted by Gasteiger charge is 2.25. The Hall–Kier alpha value is -3.12. The molecule has 0 saturated heterocycles. The highest BCUT2D eigenvalue weighted by Crippen LogP contribution is 2.26. The van der Waals surface area contributed by atoms with Crippen molar-refractivity contribution in [2.75, 3.05) is 11.4 Å². The largest absolute Gasteiger partial charge is 0.345 e. The zero-order valence-electron chi connectivity index (χ0n) is 16.4. The van der Waals surface area contributed by atoms with Crippen molar-refractivity contribution >= 4 is 21.6 Å². The van der Waals surface area contributed by atoms with Crippen LogP contribution >= 0.6 is 0 Å². The van der Waals surface area contributed by atoms with Crippen molar-refractivity contribution in [1.29, 1.82) is 0 Å². The monoisotopic (exact) mass is 408 g/mol. The molecule has 3 rings (SSSR count). The smallest absolute Gasteiger partial charge is 0.264 e. The summed E-state index contributed by atoms with van der Waals surface area (Å²) in [5.41, 5.74) is 1.65. The summed E-state index contributed by atoms with van der Waals surface area (Å²) in [6.45, 7) is 2.00. The summed E-state index contributed by atoms with van der Waals surface area (Å²) in [6.07, 6.45) is 0.718. The van der Waals surface area contributed by atoms with Crippen LogP contribution in [0.1, 0.15) is 35.3 Å². The number of sulfonamides is 1. The van der Waals surface area contributed by atoms with E-state index in [2.05, 4.69) is 5.32 Å². The second-order valence-electron chi connectivity index (χ2n) is 6.65. The minimum absolute atomic E-state index is 0.159. The maximum atomic E-state index is 13.0. The molecule has 0 saturated carbocycles. The van der Waals surface area contributed by atoms with Gasteiger partial charge in [-0.15, -0.1) is 0 Å². The summed E-state index contributed by atoms with van der Waals surface area (Å²) < 4.78 is 27.2. The minimum atomic E-state index is -3.78. The van der Waals surface area contributed by atoms with Gasteiger partial charge in [0.15, 0.2) is 0 Å². The Kier molecular flexibility index (Phi) is 6.34. The molecule has 0 aliphatic carbocycles. The lowest BCUT2D eigenvalue weighted by Gasteiger charge is -2.23. The molecular formula is C23H24N2O3S. The van der Waals surface area contributed by atoms with Crippen molar-refractivity contribution in [3.8, 4) is 0 Å². The van der Waals surface area contributed by atoms with Gasteiger partial charge in [0.25, 0.3) is 15.9 Å². The normalized spacial score (nSPS) is 12.2. The molecule has 150 valence electrons. The Balaban J connectivity index is 1.91. The zero-order chi connectivity index (χ0) is 20.9. The highest BCUT2D eigenvalue weighted by molar-refractivity contribution is 7.92. The Morgan fingerprint density at radius 1 is 0.897 bits per heavy atom. The van der Waals surface area contributed by atoms with Gasteiger partial charge in [0.1, 0.15) is 0 Å². The van der Waals surface area contributed by atoms with Crippen LogP contribution in [0.5, 0.6) is 0 Å². The predicted octanol–water partition coefficient (Wildman–Crippen LogP) is 4.39. The molecule has 0 spiro atoms. The van der Waals surface area contributed by atoms with Gasteiger partial charge < -0.3 is 5.32 Å². The zero-order valence-corrected chi connectivity index (χ0v) is 17.3. The molecule has 0 aromatic heterocycles. The summed E-state index contributed by atoms with van der Waals surface area (Å²) >= 11 is 0. The lowest BCUT2D eigenvalue weighted by molar-refractivity contribution is 0.0936. The van der Waals surface area contributed by atoms with Crippen molar-refractivity contribution in [2.24, 2.45) is 0 Å². The summed E-state index contributed by atoms with van der Waals surface area (Å²) in [5, 5.41) is 3.03. The number of amides is 1. The number of hydrogen-bond donors (Lipinski definition) is 1. The molecule has 6 heteroatoms. The number of para-hydroxylation sites is 1. The van der Waals surface area contributed by atoms with Crippen LogP contribution in [0.4, 0.5) is 5.69 Å². The van der Waals surface area contributed by atoms with Crippen LogP contribution in [-0.2, 0) is 10.0 Å². The van der Waals surface area contributed by atoms with Crippen molar-refractivity contribution in [2.45, 2.75) is 24.3 Å². The summed E-state index contributed by atoms with van der Waals surface area (Å²) in [5.74, 6) is -0.314. The first-order valence-corrected chi connectivity index (χ1v) is 10.9. The van der Waals surface area contributed by atoms with E-state index in [1.807, 2.05) is 37.3 Å². The number of benzene rings is 3. The molecular weight excluding hydrogens is 384 g/mol. The van der Waals surface area contributed by atoms with Gasteiger partial charge in [-0.05, 0) is 36.2 Å². The number of anilines is 1. The van der Waals surface area contributed by atoms with E-state index in [1.54, 1.807) is 42.5 Å². The van der Waals surface area contributed by atoms with Crippen molar-refractivity contribution in [1.82, 2.24) is 5.32 Å². The third kappa shape index (κ3) is 4.49. The Labute approximate surface area is 172 Å². The molecule has 0 radical (unpaired) electrons. The average Bonchev–Trinajstić information content (AvgIpc) is 2.78. The van der Waals surface area contributed by atoms with Gasteiger partial charge >= 0.3 is 0 Å². The topological polar surface area (TPSA) is 66.5 Å². The maximum Gasteiger partial charge on any atom is 0.264 e. The van der Waals surface area contributed by atoms with Gasteiger partial charge in [0, 0.05) is 7.05 Å². The first-order chi connectivity index (χ1) is 13.9. The number of nitrogens with zero attached hydrogens (tertiary/aromatic N) is 1. The maximum absolute atomic E-state index is 13.0. The fourth-order valence-electron chi connectivity index (χ4n) is 3.16. The minimum Gasteiger partial charge on any atom is -0.345 e. The van der Waals surface area contributed by atoms with Gasteiger partial charge in [-0.2, -0.15) is 0 Å². The molecule has 0 unspecified atom stereocenters. The molecule has 29 heavy (non-hydrogen) atoms. The standard InChI is InChI=1S/C23H24N2O3S/c1-3-21(18-12-6-4-7-13-18)24-23(26)20-16-10-11-17-22(20)25(2)29(27,28)19-14-8-5-9-15-19/h4-17,21H,3H2,1-2H3,(H,24,26)/t21-/m0/s1. The summed E-state index contributed by atoms with van der Waals surface area (Å²) in [4.78, 5) is 13.2. The Morgan fingerprint density at radius 2 is 1.45 bits per heavy atom. The van der Waals surface area contributed by atoms with Crippen molar-refractivity contribution in [3.05, 3.63) is 96.1 Å². The van der Waals surface area contributed by atoms with Crippen molar-refractivity contribution < 1.29 is 13.2 Å². The van der Waals surface area contributed by atoms with Gasteiger partial charge in [-0.1, -0.05) is 67.6 Å². The second kappa shape index (κ2) is 8.92. The van der Waals surface area contributed by atoms with E-state index in [1.165, 1.54) is 19.2 Å². The van der Waals surface area contributed by atoms with Crippen LogP contribution in [0.15, 0.2) is 89.8 Å². The average molecular weight is 409 g/mol. The molecule has 1 amide bonds. The van der Waals surface area contributed by atoms with E-state index >= 15 is 0 Å². The Bertz CT molecular complexity index is 1070. The number of carbonyl (C=O) groups is 1. The molecule has 3 aromatic carbocycles. The van der Waals surface area contributed by atoms with E-state index in [0.717, 1.165) is 16.3 Å². The van der Waals surface area contributed by atoms with Crippen molar-refractivity contribution in [3.63, 3.8) is 0 Å². The molecule has 0 aliphatic heterocycles. The second-order valence-corrected chi connectivity index (χ2v) is 8.62. The molecule has 1 N–H and O–H groups in total. The van der Waals surface area contributed by atoms with Crippen LogP contribution in [0.3, 0.4) is 0 Å². The summed E-state index contributed by atoms with van der Waals surface area (Å²) in [7, 11) is -2.32. The molecule has 0 fully saturated rings. The van der Waals surface area contributed by atoms with E-state index < -0.39 is 10.0 Å². The third-order valence-corrected chi connectivity index (χ3v) is 6.59. The molecule has 1 atom stereocenters. The third-order valence-electron chi connectivity index (χ3n) is 4.81. The number of hydrogen-bond acceptors (Lipinski definition) is 3. The fraction of sp³-hybridized carbons (Fsp3) is 0.174. The highest BCUT2D eigenvalue weighted by atomic mass is 32.2. The van der Waals surface area contributed by atoms with Crippen LogP contribution in [0, 0.1) is 0 Å². The van der Waals surface area contributed by atoms with E-state index in [0.29, 0.717) is 11.3 Å². The summed E-state index contributed by atoms with van der Waals surface area (Å²) in [6, 6.07) is 24.5. The van der Waals surface area contributed by atoms with Gasteiger partial charge in [0.2, 0.25) is 0 Å². The molecule has 3 aromatic rings. The fourth-order valence-corrected chi connectivity index (χ4v) is 4.40. The molecule has 0 bridgehead atoms. The van der Waals surface area contributed by atoms with Gasteiger partial charge in [0.05, 0.1) is 22.2 Å². The van der Waals surface area contributed by atoms with Crippen LogP contribution < -0.4 is 9.62 Å². The van der Waals surface area contributed by atoms with Gasteiger partial charge in [-0.3, -0.25) is 9.10 Å². The molecule has 5 nitrogen and oxygen atoms in total. The molecule has 0 aliphatic rings. The van der Waals surface area contributed by atoms with Gasteiger partial charge in [-0.25, -0.2) is 8.42 Å². The number of carbonyl (C=O) groups excluding carboxylic acids is 1. The lowest BCUT2D eigenvalue weighted by atomic mass is 10.0. The quantitative estimate of drug-likeness (QED) is 0.630. The van der Waals surface area contributed by atoms with E-state index in [4.69, 9.17) is 0 Å². The SMILES string of the molecule is CC[C@H](NC(=O)c1ccccc1N(C)S(=O)(=O)c1ccccc1)c1ccccc1. The van der Waals surface area contributed by atoms with E-state index in [9.17, 15) is 13.2 Å². The first-order valence-electron chi connectivity index (χ1n) is 9.44. The number of rotatable bonds is 7. The van der Waals surface area contributed by atoms with Crippen LogP contribution in [0.2, 0.25) is 0 Å². The number of nitrogens with one attached hydrogen (secondary N) is 1. The lowest BCUT2D eigenvalue weighted by Crippen LogP contribution is -2.32.